The molecule has 2 rings (SSSR count). The number of aromatic nitrogens is 1. The van der Waals surface area contributed by atoms with Crippen LogP contribution in [0.25, 0.3) is 10.9 Å². The van der Waals surface area contributed by atoms with Crippen molar-refractivity contribution in [1.29, 1.82) is 0 Å². The van der Waals surface area contributed by atoms with Crippen LogP contribution in [0.1, 0.15) is 5.56 Å². The zero-order chi connectivity index (χ0) is 12.5. The van der Waals surface area contributed by atoms with Crippen molar-refractivity contribution in [2.24, 2.45) is 0 Å². The van der Waals surface area contributed by atoms with Gasteiger partial charge in [0.15, 0.2) is 0 Å². The van der Waals surface area contributed by atoms with Crippen LogP contribution in [0.5, 0.6) is 0 Å². The van der Waals surface area contributed by atoms with Gasteiger partial charge in [0.2, 0.25) is 0 Å². The van der Waals surface area contributed by atoms with E-state index in [9.17, 15) is 13.2 Å². The van der Waals surface area contributed by atoms with Gasteiger partial charge in [-0.2, -0.15) is 13.2 Å². The molecule has 0 unspecified atom stereocenters. The van der Waals surface area contributed by atoms with Gasteiger partial charge in [-0.3, -0.25) is 4.98 Å². The number of thioether (sulfide) groups is 1. The Hall–Kier alpha value is -0.750. The molecule has 90 valence electrons. The van der Waals surface area contributed by atoms with E-state index >= 15 is 0 Å². The first kappa shape index (κ1) is 12.7. The Balaban J connectivity index is 2.41. The fraction of sp³-hybridized carbons (Fsp3) is 0.182. The number of fused-ring (bicyclic) bond motifs is 1. The number of nitrogens with zero attached hydrogens (tertiary/aromatic N) is 1. The molecular weight excluding hydrogens is 315 g/mol. The molecule has 0 saturated heterocycles. The van der Waals surface area contributed by atoms with Crippen LogP contribution in [-0.2, 0) is 5.75 Å². The quantitative estimate of drug-likeness (QED) is 0.791. The molecule has 0 amide bonds. The lowest BCUT2D eigenvalue weighted by Gasteiger charge is -2.09. The van der Waals surface area contributed by atoms with Crippen molar-refractivity contribution < 1.29 is 13.2 Å². The summed E-state index contributed by atoms with van der Waals surface area (Å²) in [7, 11) is 0. The third-order valence-corrected chi connectivity index (χ3v) is 3.71. The third kappa shape index (κ3) is 3.13. The third-order valence-electron chi connectivity index (χ3n) is 2.20. The van der Waals surface area contributed by atoms with Gasteiger partial charge < -0.3 is 0 Å². The minimum atomic E-state index is -4.23. The summed E-state index contributed by atoms with van der Waals surface area (Å²) in [6, 6.07) is 7.16. The SMILES string of the molecule is FC(F)(F)SCc1c(Br)ccc2cccnc12. The zero-order valence-electron chi connectivity index (χ0n) is 8.46. The van der Waals surface area contributed by atoms with Crippen molar-refractivity contribution in [2.45, 2.75) is 11.3 Å². The summed E-state index contributed by atoms with van der Waals surface area (Å²) in [5.41, 5.74) is -3.04. The molecule has 0 aliphatic carbocycles. The van der Waals surface area contributed by atoms with Crippen molar-refractivity contribution in [1.82, 2.24) is 4.98 Å². The Bertz CT molecular complexity index is 542. The van der Waals surface area contributed by atoms with Crippen LogP contribution in [0, 0.1) is 0 Å². The van der Waals surface area contributed by atoms with Crippen LogP contribution >= 0.6 is 27.7 Å². The number of alkyl halides is 3. The molecule has 1 nitrogen and oxygen atoms in total. The predicted molar refractivity (Wildman–Crippen MR) is 66.8 cm³/mol. The lowest BCUT2D eigenvalue weighted by Crippen LogP contribution is -2.01. The van der Waals surface area contributed by atoms with Crippen LogP contribution < -0.4 is 0 Å². The summed E-state index contributed by atoms with van der Waals surface area (Å²) in [4.78, 5) is 4.13. The van der Waals surface area contributed by atoms with Crippen LogP contribution in [0.3, 0.4) is 0 Å². The lowest BCUT2D eigenvalue weighted by molar-refractivity contribution is -0.0329. The summed E-state index contributed by atoms with van der Waals surface area (Å²) in [6.45, 7) is 0. The van der Waals surface area contributed by atoms with Crippen molar-refractivity contribution in [3.05, 3.63) is 40.5 Å². The number of hydrogen-bond acceptors (Lipinski definition) is 2. The molecule has 0 aliphatic heterocycles. The predicted octanol–water partition coefficient (Wildman–Crippen LogP) is 4.75. The maximum Gasteiger partial charge on any atom is 0.442 e. The van der Waals surface area contributed by atoms with E-state index in [1.165, 1.54) is 0 Å². The summed E-state index contributed by atoms with van der Waals surface area (Å²) in [6.07, 6.45) is 1.58. The standard InChI is InChI=1S/C11H7BrF3NS/c12-9-4-3-7-2-1-5-16-10(7)8(9)6-17-11(13,14)15/h1-5H,6H2. The van der Waals surface area contributed by atoms with Crippen LogP contribution in [0.4, 0.5) is 13.2 Å². The second-order valence-corrected chi connectivity index (χ2v) is 5.23. The molecular formula is C11H7BrF3NS. The molecule has 1 heterocycles. The summed E-state index contributed by atoms with van der Waals surface area (Å²) >= 11 is 3.21. The Labute approximate surface area is 109 Å². The minimum absolute atomic E-state index is 0.0543. The largest absolute Gasteiger partial charge is 0.442 e. The number of rotatable bonds is 2. The van der Waals surface area contributed by atoms with Gasteiger partial charge in [-0.1, -0.05) is 28.1 Å². The molecule has 1 aromatic carbocycles. The second-order valence-electron chi connectivity index (χ2n) is 3.34. The topological polar surface area (TPSA) is 12.9 Å². The van der Waals surface area contributed by atoms with Crippen molar-refractivity contribution in [3.8, 4) is 0 Å². The Kier molecular flexibility index (Phi) is 3.63. The minimum Gasteiger partial charge on any atom is -0.256 e. The van der Waals surface area contributed by atoms with Gasteiger partial charge in [0, 0.05) is 27.4 Å². The van der Waals surface area contributed by atoms with Crippen molar-refractivity contribution in [3.63, 3.8) is 0 Å². The number of halogens is 4. The van der Waals surface area contributed by atoms with E-state index in [4.69, 9.17) is 0 Å². The molecule has 1 aromatic heterocycles. The molecule has 0 N–H and O–H groups in total. The molecule has 2 aromatic rings. The first-order valence-corrected chi connectivity index (χ1v) is 6.48. The van der Waals surface area contributed by atoms with E-state index in [0.717, 1.165) is 5.39 Å². The van der Waals surface area contributed by atoms with E-state index in [1.807, 2.05) is 12.1 Å². The van der Waals surface area contributed by atoms with Gasteiger partial charge in [0.1, 0.15) is 0 Å². The number of hydrogen-bond donors (Lipinski definition) is 0. The molecule has 0 saturated carbocycles. The second kappa shape index (κ2) is 4.86. The zero-order valence-corrected chi connectivity index (χ0v) is 10.9. The molecule has 6 heteroatoms. The first-order valence-electron chi connectivity index (χ1n) is 4.70. The monoisotopic (exact) mass is 321 g/mol. The van der Waals surface area contributed by atoms with Gasteiger partial charge >= 0.3 is 5.51 Å². The van der Waals surface area contributed by atoms with E-state index in [2.05, 4.69) is 20.9 Å². The van der Waals surface area contributed by atoms with Gasteiger partial charge in [0.25, 0.3) is 0 Å². The number of pyridine rings is 1. The average Bonchev–Trinajstić information content (AvgIpc) is 2.26. The maximum absolute atomic E-state index is 12.2. The fourth-order valence-corrected chi connectivity index (χ4v) is 2.72. The van der Waals surface area contributed by atoms with Crippen molar-refractivity contribution in [2.75, 3.05) is 0 Å². The normalized spacial score (nSPS) is 12.0. The highest BCUT2D eigenvalue weighted by atomic mass is 79.9. The summed E-state index contributed by atoms with van der Waals surface area (Å²) < 4.78 is 37.3. The van der Waals surface area contributed by atoms with Crippen LogP contribution in [0.2, 0.25) is 0 Å². The molecule has 0 spiro atoms. The highest BCUT2D eigenvalue weighted by molar-refractivity contribution is 9.10. The summed E-state index contributed by atoms with van der Waals surface area (Å²) in [5.74, 6) is -0.140. The number of benzene rings is 1. The van der Waals surface area contributed by atoms with E-state index in [0.29, 0.717) is 15.6 Å². The molecule has 0 fully saturated rings. The van der Waals surface area contributed by atoms with Gasteiger partial charge in [-0.25, -0.2) is 0 Å². The van der Waals surface area contributed by atoms with Gasteiger partial charge in [0.05, 0.1) is 5.52 Å². The van der Waals surface area contributed by atoms with Gasteiger partial charge in [-0.15, -0.1) is 0 Å². The van der Waals surface area contributed by atoms with E-state index in [1.54, 1.807) is 18.3 Å². The maximum atomic E-state index is 12.2. The van der Waals surface area contributed by atoms with Crippen LogP contribution in [0.15, 0.2) is 34.9 Å². The van der Waals surface area contributed by atoms with E-state index in [-0.39, 0.29) is 17.5 Å². The molecule has 0 atom stereocenters. The van der Waals surface area contributed by atoms with Crippen LogP contribution in [-0.4, -0.2) is 10.5 Å². The highest BCUT2D eigenvalue weighted by Gasteiger charge is 2.28. The van der Waals surface area contributed by atoms with Gasteiger partial charge in [-0.05, 0) is 23.9 Å². The van der Waals surface area contributed by atoms with E-state index < -0.39 is 5.51 Å². The Morgan fingerprint density at radius 2 is 2.00 bits per heavy atom. The van der Waals surface area contributed by atoms with Crippen molar-refractivity contribution >= 4 is 38.6 Å². The fourth-order valence-electron chi connectivity index (χ4n) is 1.47. The molecule has 17 heavy (non-hydrogen) atoms. The highest BCUT2D eigenvalue weighted by Crippen LogP contribution is 2.36. The lowest BCUT2D eigenvalue weighted by atomic mass is 10.1. The first-order chi connectivity index (χ1) is 7.97. The Morgan fingerprint density at radius 3 is 2.71 bits per heavy atom. The summed E-state index contributed by atoms with van der Waals surface area (Å²) in [5, 5.41) is 0.841. The molecule has 0 aliphatic rings. The average molecular weight is 322 g/mol. The smallest absolute Gasteiger partial charge is 0.256 e. The molecule has 0 bridgehead atoms. The molecule has 0 radical (unpaired) electrons. The Morgan fingerprint density at radius 1 is 1.24 bits per heavy atom.